The lowest BCUT2D eigenvalue weighted by molar-refractivity contribution is 0.411. The van der Waals surface area contributed by atoms with Crippen molar-refractivity contribution in [3.63, 3.8) is 0 Å². The van der Waals surface area contributed by atoms with E-state index in [1.807, 2.05) is 0 Å². The molecule has 0 aliphatic rings. The molecule has 0 fully saturated rings. The average molecular weight is 354 g/mol. The van der Waals surface area contributed by atoms with Crippen LogP contribution in [0.15, 0.2) is 34.8 Å². The van der Waals surface area contributed by atoms with Gasteiger partial charge in [0.1, 0.15) is 23.1 Å². The monoisotopic (exact) mass is 353 g/mol. The lowest BCUT2D eigenvalue weighted by Crippen LogP contribution is -2.08. The van der Waals surface area contributed by atoms with Gasteiger partial charge in [-0.25, -0.2) is 4.39 Å². The van der Waals surface area contributed by atoms with E-state index in [2.05, 4.69) is 15.9 Å². The summed E-state index contributed by atoms with van der Waals surface area (Å²) in [6.45, 7) is 3.48. The van der Waals surface area contributed by atoms with Crippen LogP contribution >= 0.6 is 15.9 Å². The second kappa shape index (κ2) is 6.45. The highest BCUT2D eigenvalue weighted by atomic mass is 79.9. The average Bonchev–Trinajstić information content (AvgIpc) is 2.44. The van der Waals surface area contributed by atoms with Crippen LogP contribution in [0, 0.1) is 12.7 Å². The van der Waals surface area contributed by atoms with Gasteiger partial charge in [-0.05, 0) is 65.7 Å². The van der Waals surface area contributed by atoms with Crippen molar-refractivity contribution < 1.29 is 13.9 Å². The maximum atomic E-state index is 13.7. The maximum absolute atomic E-state index is 13.7. The zero-order valence-corrected chi connectivity index (χ0v) is 13.7. The van der Waals surface area contributed by atoms with Gasteiger partial charge in [0.25, 0.3) is 0 Å². The van der Waals surface area contributed by atoms with Crippen molar-refractivity contribution in [3.05, 3.63) is 51.7 Å². The summed E-state index contributed by atoms with van der Waals surface area (Å²) in [5.74, 6) is 1.60. The van der Waals surface area contributed by atoms with Gasteiger partial charge in [0, 0.05) is 11.6 Å². The Hall–Kier alpha value is -1.59. The Morgan fingerprint density at radius 2 is 1.90 bits per heavy atom. The first-order chi connectivity index (χ1) is 9.92. The van der Waals surface area contributed by atoms with Crippen LogP contribution in [0.5, 0.6) is 17.2 Å². The zero-order valence-electron chi connectivity index (χ0n) is 12.1. The van der Waals surface area contributed by atoms with Gasteiger partial charge in [-0.15, -0.1) is 0 Å². The first-order valence-electron chi connectivity index (χ1n) is 6.49. The molecule has 0 aromatic heterocycles. The van der Waals surface area contributed by atoms with Crippen molar-refractivity contribution in [1.29, 1.82) is 0 Å². The Bertz CT molecular complexity index is 659. The smallest absolute Gasteiger partial charge is 0.141 e. The molecule has 2 aromatic rings. The summed E-state index contributed by atoms with van der Waals surface area (Å²) in [4.78, 5) is 0. The molecule has 112 valence electrons. The van der Waals surface area contributed by atoms with E-state index >= 15 is 0 Å². The highest BCUT2D eigenvalue weighted by Crippen LogP contribution is 2.36. The van der Waals surface area contributed by atoms with Crippen molar-refractivity contribution in [2.75, 3.05) is 7.11 Å². The summed E-state index contributed by atoms with van der Waals surface area (Å²) < 4.78 is 25.5. The van der Waals surface area contributed by atoms with E-state index in [0.717, 1.165) is 10.2 Å². The number of rotatable bonds is 4. The van der Waals surface area contributed by atoms with Gasteiger partial charge >= 0.3 is 0 Å². The predicted octanol–water partition coefficient (Wildman–Crippen LogP) is 4.72. The van der Waals surface area contributed by atoms with Gasteiger partial charge < -0.3 is 15.2 Å². The SMILES string of the molecule is COc1ccc(Oc2cc(C)c(F)cc2[C@@H](C)N)c(Br)c1. The molecule has 21 heavy (non-hydrogen) atoms. The molecule has 0 radical (unpaired) electrons. The summed E-state index contributed by atoms with van der Waals surface area (Å²) in [6.07, 6.45) is 0. The van der Waals surface area contributed by atoms with Crippen LogP contribution in [0.2, 0.25) is 0 Å². The maximum Gasteiger partial charge on any atom is 0.141 e. The first kappa shape index (κ1) is 15.8. The van der Waals surface area contributed by atoms with Crippen LogP contribution in [0.3, 0.4) is 0 Å². The van der Waals surface area contributed by atoms with Crippen LogP contribution in [0.1, 0.15) is 24.1 Å². The molecule has 1 atom stereocenters. The fraction of sp³-hybridized carbons (Fsp3) is 0.250. The van der Waals surface area contributed by atoms with Crippen molar-refractivity contribution in [2.24, 2.45) is 5.73 Å². The van der Waals surface area contributed by atoms with E-state index in [-0.39, 0.29) is 11.9 Å². The number of nitrogens with two attached hydrogens (primary N) is 1. The summed E-state index contributed by atoms with van der Waals surface area (Å²) >= 11 is 3.43. The molecule has 2 rings (SSSR count). The summed E-state index contributed by atoms with van der Waals surface area (Å²) in [6, 6.07) is 8.13. The second-order valence-electron chi connectivity index (χ2n) is 4.83. The molecule has 0 saturated heterocycles. The van der Waals surface area contributed by atoms with E-state index < -0.39 is 0 Å². The summed E-state index contributed by atoms with van der Waals surface area (Å²) in [7, 11) is 1.60. The van der Waals surface area contributed by atoms with Gasteiger partial charge in [0.15, 0.2) is 0 Å². The number of methoxy groups -OCH3 is 1. The molecule has 3 nitrogen and oxygen atoms in total. The quantitative estimate of drug-likeness (QED) is 0.864. The van der Waals surface area contributed by atoms with Gasteiger partial charge in [0.2, 0.25) is 0 Å². The van der Waals surface area contributed by atoms with E-state index in [4.69, 9.17) is 15.2 Å². The minimum absolute atomic E-state index is 0.288. The van der Waals surface area contributed by atoms with E-state index in [9.17, 15) is 4.39 Å². The van der Waals surface area contributed by atoms with Gasteiger partial charge in [-0.3, -0.25) is 0 Å². The Balaban J connectivity index is 2.41. The predicted molar refractivity (Wildman–Crippen MR) is 84.5 cm³/mol. The number of aryl methyl sites for hydroxylation is 1. The van der Waals surface area contributed by atoms with Gasteiger partial charge in [0.05, 0.1) is 11.6 Å². The van der Waals surface area contributed by atoms with E-state index in [0.29, 0.717) is 22.6 Å². The summed E-state index contributed by atoms with van der Waals surface area (Å²) in [5, 5.41) is 0. The molecule has 0 unspecified atom stereocenters. The minimum atomic E-state index is -0.327. The Morgan fingerprint density at radius 1 is 1.19 bits per heavy atom. The molecule has 0 saturated carbocycles. The first-order valence-corrected chi connectivity index (χ1v) is 7.28. The normalized spacial score (nSPS) is 12.1. The summed E-state index contributed by atoms with van der Waals surface area (Å²) in [5.41, 5.74) is 7.03. The van der Waals surface area contributed by atoms with E-state index in [1.165, 1.54) is 6.07 Å². The van der Waals surface area contributed by atoms with Crippen LogP contribution in [-0.4, -0.2) is 7.11 Å². The highest BCUT2D eigenvalue weighted by Gasteiger charge is 2.14. The van der Waals surface area contributed by atoms with Gasteiger partial charge in [-0.2, -0.15) is 0 Å². The van der Waals surface area contributed by atoms with Crippen molar-refractivity contribution >= 4 is 15.9 Å². The standard InChI is InChI=1S/C16H17BrFNO2/c1-9-6-16(12(10(2)19)8-14(9)18)21-15-5-4-11(20-3)7-13(15)17/h4-8,10H,19H2,1-3H3/t10-/m1/s1. The number of hydrogen-bond donors (Lipinski definition) is 1. The molecule has 0 heterocycles. The fourth-order valence-corrected chi connectivity index (χ4v) is 2.36. The molecular formula is C16H17BrFNO2. The molecular weight excluding hydrogens is 337 g/mol. The van der Waals surface area contributed by atoms with Crippen molar-refractivity contribution in [2.45, 2.75) is 19.9 Å². The molecule has 0 aliphatic heterocycles. The largest absolute Gasteiger partial charge is 0.497 e. The third kappa shape index (κ3) is 3.54. The number of halogens is 2. The highest BCUT2D eigenvalue weighted by molar-refractivity contribution is 9.10. The van der Waals surface area contributed by atoms with Crippen LogP contribution in [0.25, 0.3) is 0 Å². The Labute approximate surface area is 132 Å². The molecule has 0 bridgehead atoms. The lowest BCUT2D eigenvalue weighted by Gasteiger charge is -2.16. The Morgan fingerprint density at radius 3 is 2.48 bits per heavy atom. The topological polar surface area (TPSA) is 44.5 Å². The second-order valence-corrected chi connectivity index (χ2v) is 5.68. The fourth-order valence-electron chi connectivity index (χ4n) is 1.92. The minimum Gasteiger partial charge on any atom is -0.497 e. The molecule has 5 heteroatoms. The molecule has 2 N–H and O–H groups in total. The third-order valence-electron chi connectivity index (χ3n) is 3.14. The molecule has 2 aromatic carbocycles. The molecule has 0 aliphatic carbocycles. The van der Waals surface area contributed by atoms with Gasteiger partial charge in [-0.1, -0.05) is 0 Å². The number of hydrogen-bond acceptors (Lipinski definition) is 3. The van der Waals surface area contributed by atoms with Crippen LogP contribution < -0.4 is 15.2 Å². The van der Waals surface area contributed by atoms with Crippen molar-refractivity contribution in [1.82, 2.24) is 0 Å². The molecule has 0 spiro atoms. The molecule has 0 amide bonds. The zero-order chi connectivity index (χ0) is 15.6. The van der Waals surface area contributed by atoms with Crippen molar-refractivity contribution in [3.8, 4) is 17.2 Å². The number of ether oxygens (including phenoxy) is 2. The Kier molecular flexibility index (Phi) is 4.85. The third-order valence-corrected chi connectivity index (χ3v) is 3.76. The lowest BCUT2D eigenvalue weighted by atomic mass is 10.1. The van der Waals surface area contributed by atoms with E-state index in [1.54, 1.807) is 45.2 Å². The van der Waals surface area contributed by atoms with Crippen LogP contribution in [0.4, 0.5) is 4.39 Å². The van der Waals surface area contributed by atoms with Crippen LogP contribution in [-0.2, 0) is 0 Å². The number of benzene rings is 2.